The van der Waals surface area contributed by atoms with Gasteiger partial charge < -0.3 is 4.74 Å². The minimum Gasteiger partial charge on any atom is -0.379 e. The summed E-state index contributed by atoms with van der Waals surface area (Å²) in [5.74, 6) is -0.182. The van der Waals surface area contributed by atoms with Gasteiger partial charge in [-0.3, -0.25) is 18.9 Å². The lowest BCUT2D eigenvalue weighted by Gasteiger charge is -2.30. The number of aromatic nitrogens is 1. The van der Waals surface area contributed by atoms with Crippen LogP contribution in [-0.4, -0.2) is 70.1 Å². The number of carbonyl (C=O) groups is 1. The SMILES string of the molecule is Cc1ccc(C)c2sc(N(CCCN3CCOCC3)C(=O)c3ccc(S(=O)(=O)N4CCCc5ccccc54)cc3)nc12. The molecule has 0 saturated carbocycles. The van der Waals surface area contributed by atoms with Crippen molar-refractivity contribution < 1.29 is 17.9 Å². The average Bonchev–Trinajstić information content (AvgIpc) is 3.48. The van der Waals surface area contributed by atoms with E-state index in [1.54, 1.807) is 29.2 Å². The van der Waals surface area contributed by atoms with Gasteiger partial charge in [0.05, 0.1) is 34.0 Å². The zero-order chi connectivity index (χ0) is 29.3. The Kier molecular flexibility index (Phi) is 8.31. The molecule has 3 heterocycles. The molecule has 10 heteroatoms. The topological polar surface area (TPSA) is 83.0 Å². The summed E-state index contributed by atoms with van der Waals surface area (Å²) in [6, 6.07) is 18.2. The Morgan fingerprint density at radius 2 is 1.71 bits per heavy atom. The van der Waals surface area contributed by atoms with E-state index >= 15 is 0 Å². The summed E-state index contributed by atoms with van der Waals surface area (Å²) >= 11 is 1.53. The van der Waals surface area contributed by atoms with Crippen LogP contribution in [0.5, 0.6) is 0 Å². The van der Waals surface area contributed by atoms with Crippen LogP contribution in [0, 0.1) is 13.8 Å². The summed E-state index contributed by atoms with van der Waals surface area (Å²) in [5, 5.41) is 0.663. The normalized spacial score (nSPS) is 16.0. The van der Waals surface area contributed by atoms with Crippen molar-refractivity contribution in [2.45, 2.75) is 38.0 Å². The van der Waals surface area contributed by atoms with Crippen LogP contribution in [0.2, 0.25) is 0 Å². The number of fused-ring (bicyclic) bond motifs is 2. The number of morpholine rings is 1. The van der Waals surface area contributed by atoms with Gasteiger partial charge in [-0.25, -0.2) is 13.4 Å². The third-order valence-corrected chi connectivity index (χ3v) is 11.2. The highest BCUT2D eigenvalue weighted by atomic mass is 32.2. The second kappa shape index (κ2) is 12.1. The molecule has 0 unspecified atom stereocenters. The van der Waals surface area contributed by atoms with Gasteiger partial charge >= 0.3 is 0 Å². The predicted molar refractivity (Wildman–Crippen MR) is 168 cm³/mol. The van der Waals surface area contributed by atoms with Gasteiger partial charge in [0.15, 0.2) is 5.13 Å². The average molecular weight is 605 g/mol. The smallest absolute Gasteiger partial charge is 0.264 e. The van der Waals surface area contributed by atoms with Crippen LogP contribution in [0.4, 0.5) is 10.8 Å². The van der Waals surface area contributed by atoms with E-state index in [2.05, 4.69) is 24.0 Å². The van der Waals surface area contributed by atoms with Gasteiger partial charge in [0, 0.05) is 38.3 Å². The van der Waals surface area contributed by atoms with Gasteiger partial charge in [-0.05, 0) is 80.1 Å². The number of anilines is 2. The number of carbonyl (C=O) groups excluding carboxylic acids is 1. The molecule has 0 N–H and O–H groups in total. The number of nitrogens with zero attached hydrogens (tertiary/aromatic N) is 4. The van der Waals surface area contributed by atoms with E-state index in [1.165, 1.54) is 15.6 Å². The van der Waals surface area contributed by atoms with E-state index in [-0.39, 0.29) is 10.8 Å². The number of amides is 1. The van der Waals surface area contributed by atoms with E-state index in [9.17, 15) is 13.2 Å². The first kappa shape index (κ1) is 28.8. The maximum absolute atomic E-state index is 14.0. The molecule has 1 amide bonds. The maximum atomic E-state index is 14.0. The predicted octanol–water partition coefficient (Wildman–Crippen LogP) is 5.42. The highest BCUT2D eigenvalue weighted by Gasteiger charge is 2.30. The molecule has 0 bridgehead atoms. The fraction of sp³-hybridized carbons (Fsp3) is 0.375. The Morgan fingerprint density at radius 1 is 0.976 bits per heavy atom. The number of hydrogen-bond donors (Lipinski definition) is 0. The molecule has 8 nitrogen and oxygen atoms in total. The number of thiazole rings is 1. The molecule has 6 rings (SSSR count). The lowest BCUT2D eigenvalue weighted by atomic mass is 10.0. The molecule has 0 radical (unpaired) electrons. The number of aryl methyl sites for hydroxylation is 3. The molecule has 0 aliphatic carbocycles. The second-order valence-electron chi connectivity index (χ2n) is 11.0. The number of para-hydroxylation sites is 1. The van der Waals surface area contributed by atoms with Gasteiger partial charge in [-0.1, -0.05) is 41.7 Å². The molecule has 2 aliphatic rings. The lowest BCUT2D eigenvalue weighted by molar-refractivity contribution is 0.0376. The molecule has 220 valence electrons. The number of hydrogen-bond acceptors (Lipinski definition) is 7. The van der Waals surface area contributed by atoms with E-state index in [0.717, 1.165) is 84.7 Å². The second-order valence-corrected chi connectivity index (χ2v) is 13.8. The summed E-state index contributed by atoms with van der Waals surface area (Å²) < 4.78 is 35.4. The van der Waals surface area contributed by atoms with Gasteiger partial charge in [0.25, 0.3) is 15.9 Å². The highest BCUT2D eigenvalue weighted by Crippen LogP contribution is 2.35. The van der Waals surface area contributed by atoms with Crippen molar-refractivity contribution in [2.24, 2.45) is 0 Å². The number of benzene rings is 3. The quantitative estimate of drug-likeness (QED) is 0.267. The first-order chi connectivity index (χ1) is 20.3. The van der Waals surface area contributed by atoms with Crippen molar-refractivity contribution >= 4 is 48.3 Å². The molecule has 3 aromatic carbocycles. The standard InChI is InChI=1S/C32H36N4O4S2/c1-23-10-11-24(2)30-29(23)33-32(41-30)35(17-6-16-34-19-21-40-22-20-34)31(37)26-12-14-27(15-13-26)42(38,39)36-18-5-8-25-7-3-4-9-28(25)36/h3-4,7,9-15H,5-6,8,16-22H2,1-2H3. The Hall–Kier alpha value is -3.31. The molecule has 42 heavy (non-hydrogen) atoms. The van der Waals surface area contributed by atoms with Crippen LogP contribution in [0.3, 0.4) is 0 Å². The monoisotopic (exact) mass is 604 g/mol. The molecule has 0 atom stereocenters. The summed E-state index contributed by atoms with van der Waals surface area (Å²) in [5.41, 5.74) is 5.34. The fourth-order valence-corrected chi connectivity index (χ4v) is 8.40. The Balaban J connectivity index is 1.27. The van der Waals surface area contributed by atoms with Crippen LogP contribution in [0.1, 0.15) is 39.9 Å². The third kappa shape index (κ3) is 5.68. The Morgan fingerprint density at radius 3 is 2.48 bits per heavy atom. The zero-order valence-corrected chi connectivity index (χ0v) is 25.7. The number of ether oxygens (including phenoxy) is 1. The molecular weight excluding hydrogens is 569 g/mol. The van der Waals surface area contributed by atoms with Crippen molar-refractivity contribution in [3.05, 3.63) is 82.9 Å². The summed E-state index contributed by atoms with van der Waals surface area (Å²) in [7, 11) is -3.76. The van der Waals surface area contributed by atoms with Gasteiger partial charge in [0.1, 0.15) is 0 Å². The molecule has 1 fully saturated rings. The minimum absolute atomic E-state index is 0.181. The first-order valence-electron chi connectivity index (χ1n) is 14.5. The van der Waals surface area contributed by atoms with Crippen molar-refractivity contribution in [1.29, 1.82) is 0 Å². The maximum Gasteiger partial charge on any atom is 0.264 e. The van der Waals surface area contributed by atoms with Crippen LogP contribution < -0.4 is 9.21 Å². The molecule has 1 aromatic heterocycles. The third-order valence-electron chi connectivity index (χ3n) is 8.12. The molecule has 1 saturated heterocycles. The van der Waals surface area contributed by atoms with Crippen molar-refractivity contribution in [1.82, 2.24) is 9.88 Å². The summed E-state index contributed by atoms with van der Waals surface area (Å²) in [6.07, 6.45) is 2.43. The van der Waals surface area contributed by atoms with E-state index in [0.29, 0.717) is 23.8 Å². The highest BCUT2D eigenvalue weighted by molar-refractivity contribution is 7.92. The van der Waals surface area contributed by atoms with Crippen molar-refractivity contribution in [3.63, 3.8) is 0 Å². The Bertz CT molecular complexity index is 1660. The van der Waals surface area contributed by atoms with Crippen LogP contribution >= 0.6 is 11.3 Å². The fourth-order valence-electron chi connectivity index (χ4n) is 5.73. The van der Waals surface area contributed by atoms with Crippen molar-refractivity contribution in [2.75, 3.05) is 55.1 Å². The van der Waals surface area contributed by atoms with E-state index < -0.39 is 10.0 Å². The molecule has 2 aliphatic heterocycles. The lowest BCUT2D eigenvalue weighted by Crippen LogP contribution is -2.39. The summed E-state index contributed by atoms with van der Waals surface area (Å²) in [4.78, 5) is 23.2. The van der Waals surface area contributed by atoms with Crippen LogP contribution in [-0.2, 0) is 21.2 Å². The molecular formula is C32H36N4O4S2. The molecule has 4 aromatic rings. The zero-order valence-electron chi connectivity index (χ0n) is 24.1. The largest absolute Gasteiger partial charge is 0.379 e. The minimum atomic E-state index is -3.76. The first-order valence-corrected chi connectivity index (χ1v) is 16.8. The molecule has 0 spiro atoms. The van der Waals surface area contributed by atoms with E-state index in [4.69, 9.17) is 9.72 Å². The Labute approximate surface area is 251 Å². The van der Waals surface area contributed by atoms with Gasteiger partial charge in [-0.15, -0.1) is 0 Å². The van der Waals surface area contributed by atoms with Crippen LogP contribution in [0.15, 0.2) is 65.6 Å². The van der Waals surface area contributed by atoms with Crippen LogP contribution in [0.25, 0.3) is 10.2 Å². The number of rotatable bonds is 8. The van der Waals surface area contributed by atoms with Crippen molar-refractivity contribution in [3.8, 4) is 0 Å². The summed E-state index contributed by atoms with van der Waals surface area (Å²) in [6.45, 7) is 9.17. The van der Waals surface area contributed by atoms with Gasteiger partial charge in [0.2, 0.25) is 0 Å². The van der Waals surface area contributed by atoms with Gasteiger partial charge in [-0.2, -0.15) is 0 Å². The van der Waals surface area contributed by atoms with E-state index in [1.807, 2.05) is 31.2 Å². The number of sulfonamides is 1.